The normalized spacial score (nSPS) is 24.9. The van der Waals surface area contributed by atoms with Crippen LogP contribution < -0.4 is 4.57 Å². The van der Waals surface area contributed by atoms with Crippen LogP contribution in [0, 0.1) is 13.8 Å². The highest BCUT2D eigenvalue weighted by molar-refractivity contribution is 6.16. The Kier molecular flexibility index (Phi) is 4.04. The molecule has 2 aromatic heterocycles. The van der Waals surface area contributed by atoms with Crippen LogP contribution in [0.4, 0.5) is 0 Å². The van der Waals surface area contributed by atoms with Gasteiger partial charge in [0.25, 0.3) is 6.23 Å². The second kappa shape index (κ2) is 6.40. The van der Waals surface area contributed by atoms with Gasteiger partial charge < -0.3 is 30.1 Å². The van der Waals surface area contributed by atoms with Gasteiger partial charge in [0.2, 0.25) is 0 Å². The van der Waals surface area contributed by atoms with E-state index in [4.69, 9.17) is 4.74 Å². The summed E-state index contributed by atoms with van der Waals surface area (Å²) < 4.78 is 7.40. The Bertz CT molecular complexity index is 1260. The van der Waals surface area contributed by atoms with Crippen molar-refractivity contribution in [2.45, 2.75) is 38.4 Å². The molecule has 0 spiro atoms. The van der Waals surface area contributed by atoms with Crippen molar-refractivity contribution < 1.29 is 29.7 Å². The molecule has 7 nitrogen and oxygen atoms in total. The molecule has 3 heterocycles. The molecule has 0 saturated carbocycles. The number of phenols is 1. The minimum Gasteiger partial charge on any atom is -0.508 e. The van der Waals surface area contributed by atoms with Gasteiger partial charge in [0.1, 0.15) is 18.0 Å². The van der Waals surface area contributed by atoms with Crippen LogP contribution in [0.5, 0.6) is 5.75 Å². The van der Waals surface area contributed by atoms with Crippen molar-refractivity contribution in [2.24, 2.45) is 0 Å². The summed E-state index contributed by atoms with van der Waals surface area (Å²) in [4.78, 5) is 3.46. The number of aliphatic hydroxyl groups is 3. The van der Waals surface area contributed by atoms with E-state index in [9.17, 15) is 20.4 Å². The fourth-order valence-corrected chi connectivity index (χ4v) is 4.54. The zero-order valence-electron chi connectivity index (χ0n) is 16.1. The van der Waals surface area contributed by atoms with Gasteiger partial charge in [-0.25, -0.2) is 0 Å². The number of aromatic nitrogens is 2. The number of ether oxygens (including phenoxy) is 1. The van der Waals surface area contributed by atoms with E-state index in [0.717, 1.165) is 43.7 Å². The topological polar surface area (TPSA) is 110 Å². The van der Waals surface area contributed by atoms with Crippen molar-refractivity contribution in [3.05, 3.63) is 47.8 Å². The molecule has 4 aromatic rings. The molecule has 150 valence electrons. The van der Waals surface area contributed by atoms with E-state index in [-0.39, 0.29) is 12.4 Å². The Labute approximate surface area is 166 Å². The Morgan fingerprint density at radius 1 is 1.03 bits per heavy atom. The molecule has 0 aliphatic carbocycles. The minimum absolute atomic E-state index is 0.213. The van der Waals surface area contributed by atoms with Gasteiger partial charge in [-0.2, -0.15) is 4.57 Å². The van der Waals surface area contributed by atoms with Crippen LogP contribution in [0.2, 0.25) is 0 Å². The first-order valence-corrected chi connectivity index (χ1v) is 9.61. The SMILES string of the molecule is Cc1c2cc[n+]([C@H]3O[C@@H](CO)[C@H](O)[C@@H]3O)cc2c(C)c2c1[nH]c1ccc(O)cc12. The lowest BCUT2D eigenvalue weighted by molar-refractivity contribution is -0.764. The number of fused-ring (bicyclic) bond motifs is 4. The zero-order chi connectivity index (χ0) is 20.4. The predicted octanol–water partition coefficient (Wildman–Crippen LogP) is 1.70. The molecule has 4 atom stereocenters. The van der Waals surface area contributed by atoms with Gasteiger partial charge in [-0.15, -0.1) is 0 Å². The number of aromatic amines is 1. The van der Waals surface area contributed by atoms with Gasteiger partial charge in [0.05, 0.1) is 12.1 Å². The second-order valence-electron chi connectivity index (χ2n) is 7.80. The highest BCUT2D eigenvalue weighted by Gasteiger charge is 2.48. The fraction of sp³-hybridized carbons (Fsp3) is 0.318. The smallest absolute Gasteiger partial charge is 0.292 e. The molecule has 0 unspecified atom stereocenters. The number of rotatable bonds is 2. The maximum absolute atomic E-state index is 10.4. The minimum atomic E-state index is -1.14. The molecule has 1 aliphatic heterocycles. The van der Waals surface area contributed by atoms with Crippen molar-refractivity contribution in [3.8, 4) is 5.75 Å². The third-order valence-electron chi connectivity index (χ3n) is 6.13. The van der Waals surface area contributed by atoms with Crippen LogP contribution in [0.1, 0.15) is 17.4 Å². The number of aryl methyl sites for hydroxylation is 2. The van der Waals surface area contributed by atoms with E-state index in [0.29, 0.717) is 0 Å². The lowest BCUT2D eigenvalue weighted by atomic mass is 9.97. The van der Waals surface area contributed by atoms with Gasteiger partial charge in [-0.3, -0.25) is 0 Å². The summed E-state index contributed by atoms with van der Waals surface area (Å²) in [7, 11) is 0. The number of aromatic hydroxyl groups is 1. The van der Waals surface area contributed by atoms with E-state index < -0.39 is 24.5 Å². The number of H-pyrrole nitrogens is 1. The average Bonchev–Trinajstić information content (AvgIpc) is 3.24. The number of benzene rings is 2. The summed E-state index contributed by atoms with van der Waals surface area (Å²) in [6, 6.07) is 7.26. The number of nitrogens with one attached hydrogen (secondary N) is 1. The van der Waals surface area contributed by atoms with Crippen LogP contribution >= 0.6 is 0 Å². The molecule has 29 heavy (non-hydrogen) atoms. The van der Waals surface area contributed by atoms with Crippen LogP contribution in [0.15, 0.2) is 36.7 Å². The summed E-state index contributed by atoms with van der Waals surface area (Å²) >= 11 is 0. The van der Waals surface area contributed by atoms with Crippen LogP contribution in [-0.4, -0.2) is 50.3 Å². The van der Waals surface area contributed by atoms with Crippen LogP contribution in [0.3, 0.4) is 0 Å². The largest absolute Gasteiger partial charge is 0.508 e. The standard InChI is InChI=1S/C22H22N2O5/c1-10-15-8-24(22-21(28)20(27)17(9-25)29-22)6-5-13(15)11(2)19-18(10)14-7-12(26)3-4-16(14)23-19/h3-8,17,20-22,25-28H,9H2,1-2H3/p+1/t17-,20-,21-,22-/m0/s1. The van der Waals surface area contributed by atoms with E-state index >= 15 is 0 Å². The number of hydrogen-bond donors (Lipinski definition) is 5. The first-order valence-electron chi connectivity index (χ1n) is 9.61. The maximum atomic E-state index is 10.4. The molecule has 1 fully saturated rings. The molecule has 0 amide bonds. The van der Waals surface area contributed by atoms with Gasteiger partial charge in [0, 0.05) is 27.7 Å². The highest BCUT2D eigenvalue weighted by Crippen LogP contribution is 2.37. The maximum Gasteiger partial charge on any atom is 0.292 e. The number of pyridine rings is 1. The summed E-state index contributed by atoms with van der Waals surface area (Å²) in [5.74, 6) is 0.213. The van der Waals surface area contributed by atoms with Crippen LogP contribution in [-0.2, 0) is 4.74 Å². The van der Waals surface area contributed by atoms with Crippen molar-refractivity contribution >= 4 is 32.6 Å². The summed E-state index contributed by atoms with van der Waals surface area (Å²) in [6.45, 7) is 3.72. The Morgan fingerprint density at radius 2 is 1.83 bits per heavy atom. The third-order valence-corrected chi connectivity index (χ3v) is 6.13. The molecular formula is C22H23N2O5+. The molecule has 1 saturated heterocycles. The van der Waals surface area contributed by atoms with Crippen molar-refractivity contribution in [1.29, 1.82) is 0 Å². The molecular weight excluding hydrogens is 372 g/mol. The molecule has 1 aliphatic rings. The second-order valence-corrected chi connectivity index (χ2v) is 7.80. The number of nitrogens with zero attached hydrogens (tertiary/aromatic N) is 1. The molecule has 5 N–H and O–H groups in total. The average molecular weight is 395 g/mol. The van der Waals surface area contributed by atoms with Gasteiger partial charge >= 0.3 is 0 Å². The third kappa shape index (κ3) is 2.55. The molecule has 5 rings (SSSR count). The fourth-order valence-electron chi connectivity index (χ4n) is 4.54. The summed E-state index contributed by atoms with van der Waals surface area (Å²) in [5.41, 5.74) is 4.11. The van der Waals surface area contributed by atoms with Crippen LogP contribution in [0.25, 0.3) is 32.6 Å². The Balaban J connectivity index is 1.75. The number of aliphatic hydroxyl groups excluding tert-OH is 3. The first kappa shape index (κ1) is 18.3. The Hall–Kier alpha value is -2.71. The zero-order valence-corrected chi connectivity index (χ0v) is 16.1. The van der Waals surface area contributed by atoms with E-state index in [1.54, 1.807) is 16.7 Å². The van der Waals surface area contributed by atoms with E-state index in [1.165, 1.54) is 0 Å². The lowest BCUT2D eigenvalue weighted by Crippen LogP contribution is -2.45. The van der Waals surface area contributed by atoms with Gasteiger partial charge in [-0.05, 0) is 48.6 Å². The van der Waals surface area contributed by atoms with Crippen molar-refractivity contribution in [3.63, 3.8) is 0 Å². The number of hydrogen-bond acceptors (Lipinski definition) is 5. The van der Waals surface area contributed by atoms with E-state index in [1.807, 2.05) is 31.5 Å². The highest BCUT2D eigenvalue weighted by atomic mass is 16.6. The van der Waals surface area contributed by atoms with Crippen molar-refractivity contribution in [1.82, 2.24) is 4.98 Å². The molecule has 2 aromatic carbocycles. The molecule has 0 radical (unpaired) electrons. The Morgan fingerprint density at radius 3 is 2.55 bits per heavy atom. The monoisotopic (exact) mass is 395 g/mol. The van der Waals surface area contributed by atoms with Gasteiger partial charge in [-0.1, -0.05) is 0 Å². The summed E-state index contributed by atoms with van der Waals surface area (Å²) in [6.07, 6.45) is -0.164. The lowest BCUT2D eigenvalue weighted by Gasteiger charge is -2.12. The summed E-state index contributed by atoms with van der Waals surface area (Å²) in [5, 5.41) is 43.8. The quantitative estimate of drug-likeness (QED) is 0.332. The molecule has 7 heteroatoms. The van der Waals surface area contributed by atoms with Crippen molar-refractivity contribution in [2.75, 3.05) is 6.61 Å². The van der Waals surface area contributed by atoms with Gasteiger partial charge in [0.15, 0.2) is 18.5 Å². The number of phenolic OH excluding ortho intramolecular Hbond substituents is 1. The molecule has 0 bridgehead atoms. The predicted molar refractivity (Wildman–Crippen MR) is 108 cm³/mol. The first-order chi connectivity index (χ1) is 13.9. The van der Waals surface area contributed by atoms with E-state index in [2.05, 4.69) is 11.9 Å².